The van der Waals surface area contributed by atoms with Crippen LogP contribution in [0.25, 0.3) is 10.9 Å². The topological polar surface area (TPSA) is 19.4 Å². The summed E-state index contributed by atoms with van der Waals surface area (Å²) in [6, 6.07) is 9.67. The van der Waals surface area contributed by atoms with E-state index in [1.165, 1.54) is 64.3 Å². The predicted molar refractivity (Wildman–Crippen MR) is 102 cm³/mol. The minimum absolute atomic E-state index is 0.192. The van der Waals surface area contributed by atoms with Gasteiger partial charge < -0.3 is 0 Å². The SMILES string of the molecule is Fc1ccc2nc(CN3C[C@H]4CC[C@@H](C3)N(CC3CCC3)C4)ccc2c1. The van der Waals surface area contributed by atoms with Crippen molar-refractivity contribution in [1.82, 2.24) is 14.8 Å². The highest BCUT2D eigenvalue weighted by Gasteiger charge is 2.36. The van der Waals surface area contributed by atoms with E-state index in [4.69, 9.17) is 4.98 Å². The molecule has 3 nitrogen and oxygen atoms in total. The molecule has 4 heterocycles. The summed E-state index contributed by atoms with van der Waals surface area (Å²) in [6.45, 7) is 5.90. The van der Waals surface area contributed by atoms with E-state index < -0.39 is 0 Å². The number of pyridine rings is 1. The second-order valence-electron chi connectivity index (χ2n) is 8.68. The van der Waals surface area contributed by atoms with Crippen LogP contribution in [0.3, 0.4) is 0 Å². The molecule has 6 rings (SSSR count). The molecule has 0 spiro atoms. The zero-order valence-electron chi connectivity index (χ0n) is 15.4. The van der Waals surface area contributed by atoms with Gasteiger partial charge in [-0.1, -0.05) is 12.5 Å². The zero-order valence-corrected chi connectivity index (χ0v) is 15.4. The van der Waals surface area contributed by atoms with Gasteiger partial charge in [-0.3, -0.25) is 14.8 Å². The van der Waals surface area contributed by atoms with Gasteiger partial charge in [0.25, 0.3) is 0 Å². The van der Waals surface area contributed by atoms with Crippen LogP contribution >= 0.6 is 0 Å². The molecule has 1 aliphatic carbocycles. The second kappa shape index (κ2) is 6.90. The van der Waals surface area contributed by atoms with Crippen molar-refractivity contribution in [3.63, 3.8) is 0 Å². The molecule has 0 radical (unpaired) electrons. The normalized spacial score (nSPS) is 27.6. The van der Waals surface area contributed by atoms with Crippen LogP contribution in [0, 0.1) is 17.7 Å². The van der Waals surface area contributed by atoms with Crippen molar-refractivity contribution in [3.05, 3.63) is 41.8 Å². The summed E-state index contributed by atoms with van der Waals surface area (Å²) in [7, 11) is 0. The smallest absolute Gasteiger partial charge is 0.123 e. The molecular formula is C22H28FN3. The Morgan fingerprint density at radius 1 is 1.00 bits per heavy atom. The molecule has 1 aromatic heterocycles. The van der Waals surface area contributed by atoms with Crippen LogP contribution in [0.1, 0.15) is 37.8 Å². The first-order valence-electron chi connectivity index (χ1n) is 10.2. The minimum atomic E-state index is -0.192. The summed E-state index contributed by atoms with van der Waals surface area (Å²) in [5.41, 5.74) is 2.00. The molecule has 4 fully saturated rings. The predicted octanol–water partition coefficient (Wildman–Crippen LogP) is 4.07. The lowest BCUT2D eigenvalue weighted by Crippen LogP contribution is -2.46. The highest BCUT2D eigenvalue weighted by atomic mass is 19.1. The number of nitrogens with zero attached hydrogens (tertiary/aromatic N) is 3. The first kappa shape index (κ1) is 16.6. The van der Waals surface area contributed by atoms with Gasteiger partial charge >= 0.3 is 0 Å². The summed E-state index contributed by atoms with van der Waals surface area (Å²) in [5.74, 6) is 1.58. The Morgan fingerprint density at radius 2 is 1.92 bits per heavy atom. The standard InChI is InChI=1S/C22H28FN3/c23-19-6-9-22-18(10-19)5-7-20(24-22)14-25-11-17-4-8-21(15-25)26(13-17)12-16-2-1-3-16/h5-7,9-10,16-17,21H,1-4,8,11-15H2/t17-,21+/m1/s1. The van der Waals surface area contributed by atoms with Crippen molar-refractivity contribution in [2.45, 2.75) is 44.7 Å². The summed E-state index contributed by atoms with van der Waals surface area (Å²) in [4.78, 5) is 10.2. The number of piperidine rings is 1. The number of fused-ring (bicyclic) bond motifs is 5. The van der Waals surface area contributed by atoms with Crippen LogP contribution in [0.15, 0.2) is 30.3 Å². The van der Waals surface area contributed by atoms with E-state index in [2.05, 4.69) is 15.9 Å². The first-order chi connectivity index (χ1) is 12.7. The largest absolute Gasteiger partial charge is 0.299 e. The molecule has 3 aliphatic heterocycles. The Hall–Kier alpha value is -1.52. The monoisotopic (exact) mass is 353 g/mol. The lowest BCUT2D eigenvalue weighted by molar-refractivity contribution is 0.0890. The summed E-state index contributed by atoms with van der Waals surface area (Å²) >= 11 is 0. The van der Waals surface area contributed by atoms with Gasteiger partial charge in [0.15, 0.2) is 0 Å². The molecule has 0 N–H and O–H groups in total. The molecule has 2 bridgehead atoms. The Bertz CT molecular complexity index is 788. The molecule has 2 aromatic rings. The van der Waals surface area contributed by atoms with Crippen molar-refractivity contribution in [2.75, 3.05) is 26.2 Å². The Labute approximate surface area is 155 Å². The molecule has 1 saturated carbocycles. The van der Waals surface area contributed by atoms with Gasteiger partial charge in [0.1, 0.15) is 5.82 Å². The molecular weight excluding hydrogens is 325 g/mol. The fourth-order valence-corrected chi connectivity index (χ4v) is 5.09. The van der Waals surface area contributed by atoms with Crippen LogP contribution in [0.5, 0.6) is 0 Å². The molecule has 4 heteroatoms. The number of rotatable bonds is 4. The first-order valence-corrected chi connectivity index (χ1v) is 10.2. The van der Waals surface area contributed by atoms with Crippen LogP contribution in [0.4, 0.5) is 4.39 Å². The molecule has 0 unspecified atom stereocenters. The highest BCUT2D eigenvalue weighted by Crippen LogP contribution is 2.33. The third kappa shape index (κ3) is 3.37. The van der Waals surface area contributed by atoms with Crippen LogP contribution in [-0.4, -0.2) is 47.0 Å². The molecule has 0 amide bonds. The Morgan fingerprint density at radius 3 is 2.77 bits per heavy atom. The van der Waals surface area contributed by atoms with E-state index in [1.54, 1.807) is 12.1 Å². The van der Waals surface area contributed by atoms with Gasteiger partial charge in [0, 0.05) is 44.2 Å². The summed E-state index contributed by atoms with van der Waals surface area (Å²) < 4.78 is 13.4. The van der Waals surface area contributed by atoms with E-state index in [0.29, 0.717) is 0 Å². The van der Waals surface area contributed by atoms with E-state index in [1.807, 2.05) is 6.07 Å². The zero-order chi connectivity index (χ0) is 17.5. The van der Waals surface area contributed by atoms with Gasteiger partial charge in [-0.15, -0.1) is 0 Å². The minimum Gasteiger partial charge on any atom is -0.299 e. The van der Waals surface area contributed by atoms with E-state index in [0.717, 1.165) is 41.0 Å². The molecule has 26 heavy (non-hydrogen) atoms. The summed E-state index contributed by atoms with van der Waals surface area (Å²) in [5, 5.41) is 0.886. The molecule has 1 aromatic carbocycles. The highest BCUT2D eigenvalue weighted by molar-refractivity contribution is 5.78. The van der Waals surface area contributed by atoms with Gasteiger partial charge in [0.2, 0.25) is 0 Å². The molecule has 2 atom stereocenters. The lowest BCUT2D eigenvalue weighted by atomic mass is 9.83. The third-order valence-corrected chi connectivity index (χ3v) is 6.71. The fraction of sp³-hybridized carbons (Fsp3) is 0.591. The van der Waals surface area contributed by atoms with Crippen molar-refractivity contribution in [3.8, 4) is 0 Å². The maximum Gasteiger partial charge on any atom is 0.123 e. The van der Waals surface area contributed by atoms with Crippen LogP contribution < -0.4 is 0 Å². The van der Waals surface area contributed by atoms with E-state index in [9.17, 15) is 4.39 Å². The van der Waals surface area contributed by atoms with E-state index in [-0.39, 0.29) is 5.82 Å². The lowest BCUT2D eigenvalue weighted by Gasteiger charge is -2.40. The summed E-state index contributed by atoms with van der Waals surface area (Å²) in [6.07, 6.45) is 7.07. The second-order valence-corrected chi connectivity index (χ2v) is 8.68. The number of hydrogen-bond donors (Lipinski definition) is 0. The maximum atomic E-state index is 13.4. The van der Waals surface area contributed by atoms with Crippen molar-refractivity contribution in [2.24, 2.45) is 11.8 Å². The van der Waals surface area contributed by atoms with Crippen molar-refractivity contribution < 1.29 is 4.39 Å². The molecule has 138 valence electrons. The van der Waals surface area contributed by atoms with Crippen molar-refractivity contribution >= 4 is 10.9 Å². The van der Waals surface area contributed by atoms with Crippen molar-refractivity contribution in [1.29, 1.82) is 0 Å². The Balaban J connectivity index is 1.29. The fourth-order valence-electron chi connectivity index (χ4n) is 5.09. The average molecular weight is 353 g/mol. The molecule has 4 aliphatic rings. The van der Waals surface area contributed by atoms with E-state index >= 15 is 0 Å². The van der Waals surface area contributed by atoms with Gasteiger partial charge in [0.05, 0.1) is 11.2 Å². The van der Waals surface area contributed by atoms with Crippen LogP contribution in [0.2, 0.25) is 0 Å². The quantitative estimate of drug-likeness (QED) is 0.826. The molecule has 3 saturated heterocycles. The van der Waals surface area contributed by atoms with Gasteiger partial charge in [-0.2, -0.15) is 0 Å². The van der Waals surface area contributed by atoms with Gasteiger partial charge in [-0.25, -0.2) is 4.39 Å². The van der Waals surface area contributed by atoms with Gasteiger partial charge in [-0.05, 0) is 61.8 Å². The third-order valence-electron chi connectivity index (χ3n) is 6.71. The van der Waals surface area contributed by atoms with Crippen LogP contribution in [-0.2, 0) is 6.54 Å². The number of benzene rings is 1. The Kier molecular flexibility index (Phi) is 4.41. The number of aromatic nitrogens is 1. The average Bonchev–Trinajstić information content (AvgIpc) is 2.89. The number of hydrogen-bond acceptors (Lipinski definition) is 3. The maximum absolute atomic E-state index is 13.4. The number of halogens is 1.